The lowest BCUT2D eigenvalue weighted by Gasteiger charge is -2.24. The Bertz CT molecular complexity index is 1120. The lowest BCUT2D eigenvalue weighted by Crippen LogP contribution is -2.48. The molecule has 43 heavy (non-hydrogen) atoms. The molecule has 14 nitrogen and oxygen atoms in total. The van der Waals surface area contributed by atoms with Crippen molar-refractivity contribution in [2.45, 2.75) is 96.4 Å². The zero-order valence-electron chi connectivity index (χ0n) is 24.7. The minimum atomic E-state index is -1.44. The van der Waals surface area contributed by atoms with Crippen molar-refractivity contribution in [3.63, 3.8) is 0 Å². The van der Waals surface area contributed by atoms with Crippen LogP contribution in [0.15, 0.2) is 30.3 Å². The molecule has 0 saturated heterocycles. The van der Waals surface area contributed by atoms with E-state index in [9.17, 15) is 38.7 Å². The number of hydrogen-bond acceptors (Lipinski definition) is 9. The highest BCUT2D eigenvalue weighted by molar-refractivity contribution is 5.89. The van der Waals surface area contributed by atoms with Gasteiger partial charge in [-0.3, -0.25) is 24.0 Å². The molecule has 238 valence electrons. The molecule has 0 saturated carbocycles. The number of carbonyl (C=O) groups excluding carboxylic acids is 5. The predicted octanol–water partition coefficient (Wildman–Crippen LogP) is 1.45. The number of esters is 2. The second-order valence-electron chi connectivity index (χ2n) is 10.7. The Labute approximate surface area is 249 Å². The van der Waals surface area contributed by atoms with Gasteiger partial charge in [0.15, 0.2) is 0 Å². The number of rotatable bonds is 19. The summed E-state index contributed by atoms with van der Waals surface area (Å²) in [7, 11) is 0. The Morgan fingerprint density at radius 1 is 0.767 bits per heavy atom. The van der Waals surface area contributed by atoms with Crippen LogP contribution in [0.4, 0.5) is 0 Å². The second-order valence-corrected chi connectivity index (χ2v) is 10.7. The molecular weight excluding hydrogens is 566 g/mol. The molecule has 0 bridgehead atoms. The quantitative estimate of drug-likeness (QED) is 0.112. The Morgan fingerprint density at radius 3 is 1.98 bits per heavy atom. The van der Waals surface area contributed by atoms with Gasteiger partial charge in [-0.25, -0.2) is 9.59 Å². The molecule has 1 rings (SSSR count). The average Bonchev–Trinajstić information content (AvgIpc) is 2.92. The SMILES string of the molecule is CC(C)(C)OC(=O)C(CCC(=O)N[C@@H](CCC(=O)O)C(=O)O)NC(=O)CNC(=O)CCCCC(=O)OCc1ccccc1. The Kier molecular flexibility index (Phi) is 16.0. The normalized spacial score (nSPS) is 12.3. The molecule has 0 aliphatic rings. The minimum Gasteiger partial charge on any atom is -0.481 e. The van der Waals surface area contributed by atoms with Crippen LogP contribution in [0, 0.1) is 0 Å². The van der Waals surface area contributed by atoms with E-state index in [2.05, 4.69) is 16.0 Å². The molecule has 0 aromatic heterocycles. The van der Waals surface area contributed by atoms with E-state index in [1.54, 1.807) is 20.8 Å². The van der Waals surface area contributed by atoms with Gasteiger partial charge in [0.1, 0.15) is 24.3 Å². The van der Waals surface area contributed by atoms with Crippen LogP contribution in [0.25, 0.3) is 0 Å². The smallest absolute Gasteiger partial charge is 0.329 e. The van der Waals surface area contributed by atoms with Crippen LogP contribution in [0.1, 0.15) is 77.7 Å². The van der Waals surface area contributed by atoms with E-state index in [4.69, 9.17) is 14.6 Å². The summed E-state index contributed by atoms with van der Waals surface area (Å²) in [4.78, 5) is 83.5. The van der Waals surface area contributed by atoms with E-state index in [0.717, 1.165) is 5.56 Å². The molecular formula is C29H41N3O11. The first kappa shape index (κ1) is 36.5. The maximum atomic E-state index is 12.7. The molecule has 3 amide bonds. The molecule has 0 radical (unpaired) electrons. The van der Waals surface area contributed by atoms with E-state index in [-0.39, 0.29) is 44.7 Å². The summed E-state index contributed by atoms with van der Waals surface area (Å²) in [5.74, 6) is -5.78. The Balaban J connectivity index is 2.50. The van der Waals surface area contributed by atoms with Crippen molar-refractivity contribution in [2.75, 3.05) is 6.54 Å². The first-order valence-corrected chi connectivity index (χ1v) is 13.9. The fourth-order valence-corrected chi connectivity index (χ4v) is 3.57. The molecule has 0 aliphatic carbocycles. The standard InChI is InChI=1S/C29H41N3O11/c1-29(2,3)43-28(41)21(13-15-23(34)31-20(27(39)40)14-16-25(36)37)32-24(35)17-30-22(33)11-7-8-12-26(38)42-18-19-9-5-4-6-10-19/h4-6,9-10,20-21H,7-8,11-18H2,1-3H3,(H,30,33)(H,31,34)(H,32,35)(H,36,37)(H,39,40)/t20-,21?/m0/s1. The lowest BCUT2D eigenvalue weighted by atomic mass is 10.1. The fraction of sp³-hybridized carbons (Fsp3) is 0.552. The number of benzene rings is 1. The van der Waals surface area contributed by atoms with E-state index < -0.39 is 66.3 Å². The first-order chi connectivity index (χ1) is 20.2. The van der Waals surface area contributed by atoms with Crippen LogP contribution in [0.5, 0.6) is 0 Å². The zero-order valence-corrected chi connectivity index (χ0v) is 24.7. The minimum absolute atomic E-state index is 0.0571. The van der Waals surface area contributed by atoms with Gasteiger partial charge in [-0.2, -0.15) is 0 Å². The maximum Gasteiger partial charge on any atom is 0.329 e. The van der Waals surface area contributed by atoms with Gasteiger partial charge in [0.25, 0.3) is 0 Å². The van der Waals surface area contributed by atoms with E-state index in [1.807, 2.05) is 30.3 Å². The van der Waals surface area contributed by atoms with Crippen LogP contribution in [-0.4, -0.2) is 76.0 Å². The number of hydrogen-bond donors (Lipinski definition) is 5. The van der Waals surface area contributed by atoms with Crippen molar-refractivity contribution >= 4 is 41.6 Å². The van der Waals surface area contributed by atoms with Crippen molar-refractivity contribution < 1.29 is 53.2 Å². The number of aliphatic carboxylic acids is 2. The lowest BCUT2D eigenvalue weighted by molar-refractivity contribution is -0.159. The molecule has 0 spiro atoms. The van der Waals surface area contributed by atoms with E-state index in [1.165, 1.54) is 0 Å². The van der Waals surface area contributed by atoms with Crippen molar-refractivity contribution in [1.29, 1.82) is 0 Å². The third kappa shape index (κ3) is 17.8. The van der Waals surface area contributed by atoms with E-state index in [0.29, 0.717) is 12.8 Å². The maximum absolute atomic E-state index is 12.7. The van der Waals surface area contributed by atoms with Crippen molar-refractivity contribution in [3.05, 3.63) is 35.9 Å². The van der Waals surface area contributed by atoms with Gasteiger partial charge in [-0.15, -0.1) is 0 Å². The van der Waals surface area contributed by atoms with Gasteiger partial charge in [0.05, 0.1) is 6.54 Å². The summed E-state index contributed by atoms with van der Waals surface area (Å²) in [6.45, 7) is 4.54. The zero-order chi connectivity index (χ0) is 32.4. The number of amides is 3. The third-order valence-corrected chi connectivity index (χ3v) is 5.69. The molecule has 5 N–H and O–H groups in total. The molecule has 2 atom stereocenters. The van der Waals surface area contributed by atoms with Crippen LogP contribution < -0.4 is 16.0 Å². The van der Waals surface area contributed by atoms with Gasteiger partial charge in [-0.1, -0.05) is 30.3 Å². The van der Waals surface area contributed by atoms with Gasteiger partial charge in [-0.05, 0) is 52.0 Å². The number of carbonyl (C=O) groups is 7. The Morgan fingerprint density at radius 2 is 1.37 bits per heavy atom. The highest BCUT2D eigenvalue weighted by Crippen LogP contribution is 2.11. The molecule has 14 heteroatoms. The van der Waals surface area contributed by atoms with Crippen LogP contribution in [0.3, 0.4) is 0 Å². The average molecular weight is 608 g/mol. The van der Waals surface area contributed by atoms with Gasteiger partial charge >= 0.3 is 23.9 Å². The number of carboxylic acids is 2. The summed E-state index contributed by atoms with van der Waals surface area (Å²) in [5.41, 5.74) is -0.0408. The summed E-state index contributed by atoms with van der Waals surface area (Å²) >= 11 is 0. The first-order valence-electron chi connectivity index (χ1n) is 13.9. The van der Waals surface area contributed by atoms with Crippen molar-refractivity contribution in [3.8, 4) is 0 Å². The van der Waals surface area contributed by atoms with Crippen LogP contribution in [-0.2, 0) is 49.6 Å². The van der Waals surface area contributed by atoms with Crippen LogP contribution in [0.2, 0.25) is 0 Å². The van der Waals surface area contributed by atoms with E-state index >= 15 is 0 Å². The summed E-state index contributed by atoms with van der Waals surface area (Å²) in [6, 6.07) is 6.49. The summed E-state index contributed by atoms with van der Waals surface area (Å²) in [6.07, 6.45) is -0.433. The molecule has 0 heterocycles. The largest absolute Gasteiger partial charge is 0.481 e. The van der Waals surface area contributed by atoms with Gasteiger partial charge in [0.2, 0.25) is 17.7 Å². The molecule has 0 fully saturated rings. The number of ether oxygens (including phenoxy) is 2. The molecule has 1 unspecified atom stereocenters. The van der Waals surface area contributed by atoms with Crippen LogP contribution >= 0.6 is 0 Å². The molecule has 1 aromatic rings. The Hall–Kier alpha value is -4.49. The number of nitrogens with one attached hydrogen (secondary N) is 3. The molecule has 1 aromatic carbocycles. The fourth-order valence-electron chi connectivity index (χ4n) is 3.57. The summed E-state index contributed by atoms with van der Waals surface area (Å²) in [5, 5.41) is 25.0. The van der Waals surface area contributed by atoms with Gasteiger partial charge in [0, 0.05) is 25.7 Å². The third-order valence-electron chi connectivity index (χ3n) is 5.69. The predicted molar refractivity (Wildman–Crippen MR) is 151 cm³/mol. The second kappa shape index (κ2) is 18.8. The monoisotopic (exact) mass is 607 g/mol. The topological polar surface area (TPSA) is 214 Å². The highest BCUT2D eigenvalue weighted by atomic mass is 16.6. The number of unbranched alkanes of at least 4 members (excludes halogenated alkanes) is 1. The van der Waals surface area contributed by atoms with Crippen molar-refractivity contribution in [1.82, 2.24) is 16.0 Å². The molecule has 0 aliphatic heterocycles. The van der Waals surface area contributed by atoms with Crippen molar-refractivity contribution in [2.24, 2.45) is 0 Å². The highest BCUT2D eigenvalue weighted by Gasteiger charge is 2.28. The number of carboxylic acid groups (broad SMARTS) is 2. The summed E-state index contributed by atoms with van der Waals surface area (Å²) < 4.78 is 10.5. The van der Waals surface area contributed by atoms with Gasteiger partial charge < -0.3 is 35.6 Å².